The third-order valence-electron chi connectivity index (χ3n) is 4.31. The molecule has 2 aliphatic rings. The van der Waals surface area contributed by atoms with Crippen LogP contribution < -0.4 is 0 Å². The summed E-state index contributed by atoms with van der Waals surface area (Å²) in [6.45, 7) is 8.43. The molecule has 2 rings (SSSR count). The summed E-state index contributed by atoms with van der Waals surface area (Å²) in [6, 6.07) is 0.301. The normalized spacial score (nSPS) is 26.6. The molecule has 98 valence electrons. The maximum Gasteiger partial charge on any atom is 0.320 e. The van der Waals surface area contributed by atoms with Crippen molar-refractivity contribution in [2.45, 2.75) is 46.0 Å². The summed E-state index contributed by atoms with van der Waals surface area (Å²) in [5, 5.41) is 0. The number of carbonyl (C=O) groups excluding carboxylic acids is 1. The topological polar surface area (TPSA) is 23.6 Å². The van der Waals surface area contributed by atoms with E-state index in [0.717, 1.165) is 38.0 Å². The molecule has 17 heavy (non-hydrogen) atoms. The molecule has 3 nitrogen and oxygen atoms in total. The fourth-order valence-corrected chi connectivity index (χ4v) is 3.05. The van der Waals surface area contributed by atoms with Crippen LogP contribution in [0.5, 0.6) is 0 Å². The number of hydrogen-bond donors (Lipinski definition) is 0. The first-order valence-electron chi connectivity index (χ1n) is 7.24. The first kappa shape index (κ1) is 12.7. The molecule has 0 spiro atoms. The Labute approximate surface area is 105 Å². The standard InChI is InChI=1S/C14H26N2O/c1-3-4-13-7-10-16(11-13)14(17)15-8-5-12(2)6-9-15/h12-13H,3-11H2,1-2H3. The van der Waals surface area contributed by atoms with Crippen molar-refractivity contribution in [3.05, 3.63) is 0 Å². The number of hydrogen-bond acceptors (Lipinski definition) is 1. The van der Waals surface area contributed by atoms with Gasteiger partial charge in [-0.3, -0.25) is 0 Å². The van der Waals surface area contributed by atoms with Crippen LogP contribution in [0.3, 0.4) is 0 Å². The van der Waals surface area contributed by atoms with Crippen LogP contribution >= 0.6 is 0 Å². The Morgan fingerprint density at radius 3 is 2.41 bits per heavy atom. The minimum Gasteiger partial charge on any atom is -0.325 e. The van der Waals surface area contributed by atoms with Gasteiger partial charge in [0.25, 0.3) is 0 Å². The molecule has 2 fully saturated rings. The highest BCUT2D eigenvalue weighted by Gasteiger charge is 2.30. The summed E-state index contributed by atoms with van der Waals surface area (Å²) in [5.41, 5.74) is 0. The highest BCUT2D eigenvalue weighted by molar-refractivity contribution is 5.74. The Morgan fingerprint density at radius 2 is 1.76 bits per heavy atom. The monoisotopic (exact) mass is 238 g/mol. The van der Waals surface area contributed by atoms with Gasteiger partial charge in [-0.25, -0.2) is 4.79 Å². The molecule has 0 aromatic rings. The molecule has 2 heterocycles. The fourth-order valence-electron chi connectivity index (χ4n) is 3.05. The number of piperidine rings is 1. The second-order valence-corrected chi connectivity index (χ2v) is 5.84. The maximum atomic E-state index is 12.3. The zero-order valence-corrected chi connectivity index (χ0v) is 11.3. The number of rotatable bonds is 2. The van der Waals surface area contributed by atoms with Gasteiger partial charge in [-0.05, 0) is 37.5 Å². The summed E-state index contributed by atoms with van der Waals surface area (Å²) in [4.78, 5) is 16.5. The second kappa shape index (κ2) is 5.74. The van der Waals surface area contributed by atoms with Crippen molar-refractivity contribution in [2.24, 2.45) is 11.8 Å². The van der Waals surface area contributed by atoms with Crippen LogP contribution in [-0.2, 0) is 0 Å². The van der Waals surface area contributed by atoms with Crippen molar-refractivity contribution in [1.29, 1.82) is 0 Å². The highest BCUT2D eigenvalue weighted by atomic mass is 16.2. The number of likely N-dealkylation sites (tertiary alicyclic amines) is 2. The molecule has 2 saturated heterocycles. The Hall–Kier alpha value is -0.730. The van der Waals surface area contributed by atoms with Crippen LogP contribution in [-0.4, -0.2) is 42.0 Å². The van der Waals surface area contributed by atoms with Gasteiger partial charge in [-0.15, -0.1) is 0 Å². The van der Waals surface area contributed by atoms with Gasteiger partial charge in [0, 0.05) is 26.2 Å². The number of carbonyl (C=O) groups is 1. The predicted octanol–water partition coefficient (Wildman–Crippen LogP) is 2.96. The Bertz CT molecular complexity index is 259. The van der Waals surface area contributed by atoms with Crippen molar-refractivity contribution in [1.82, 2.24) is 9.80 Å². The van der Waals surface area contributed by atoms with Gasteiger partial charge in [0.2, 0.25) is 0 Å². The molecule has 2 aliphatic heterocycles. The van der Waals surface area contributed by atoms with Gasteiger partial charge in [-0.1, -0.05) is 20.3 Å². The van der Waals surface area contributed by atoms with Crippen molar-refractivity contribution in [3.8, 4) is 0 Å². The zero-order valence-electron chi connectivity index (χ0n) is 11.3. The largest absolute Gasteiger partial charge is 0.325 e. The molecule has 1 unspecified atom stereocenters. The summed E-state index contributed by atoms with van der Waals surface area (Å²) >= 11 is 0. The zero-order chi connectivity index (χ0) is 12.3. The van der Waals surface area contributed by atoms with E-state index in [0.29, 0.717) is 6.03 Å². The van der Waals surface area contributed by atoms with Crippen LogP contribution in [0.4, 0.5) is 4.79 Å². The molecule has 3 heteroatoms. The van der Waals surface area contributed by atoms with E-state index in [1.54, 1.807) is 0 Å². The first-order chi connectivity index (χ1) is 8.20. The average molecular weight is 238 g/mol. The van der Waals surface area contributed by atoms with E-state index in [-0.39, 0.29) is 0 Å². The highest BCUT2D eigenvalue weighted by Crippen LogP contribution is 2.23. The summed E-state index contributed by atoms with van der Waals surface area (Å²) < 4.78 is 0. The van der Waals surface area contributed by atoms with Crippen molar-refractivity contribution < 1.29 is 4.79 Å². The van der Waals surface area contributed by atoms with E-state index in [9.17, 15) is 4.79 Å². The molecular weight excluding hydrogens is 212 g/mol. The molecule has 0 bridgehead atoms. The van der Waals surface area contributed by atoms with E-state index in [1.807, 2.05) is 0 Å². The van der Waals surface area contributed by atoms with Crippen LogP contribution in [0.1, 0.15) is 46.0 Å². The van der Waals surface area contributed by atoms with Crippen LogP contribution in [0.25, 0.3) is 0 Å². The van der Waals surface area contributed by atoms with E-state index < -0.39 is 0 Å². The van der Waals surface area contributed by atoms with E-state index in [1.165, 1.54) is 32.1 Å². The lowest BCUT2D eigenvalue weighted by molar-refractivity contribution is 0.141. The summed E-state index contributed by atoms with van der Waals surface area (Å²) in [6.07, 6.45) is 6.09. The second-order valence-electron chi connectivity index (χ2n) is 5.84. The van der Waals surface area contributed by atoms with Gasteiger partial charge >= 0.3 is 6.03 Å². The van der Waals surface area contributed by atoms with Crippen molar-refractivity contribution in [3.63, 3.8) is 0 Å². The molecule has 0 N–H and O–H groups in total. The smallest absolute Gasteiger partial charge is 0.320 e. The van der Waals surface area contributed by atoms with Crippen molar-refractivity contribution >= 4 is 6.03 Å². The van der Waals surface area contributed by atoms with E-state index in [4.69, 9.17) is 0 Å². The minimum absolute atomic E-state index is 0.301. The van der Waals surface area contributed by atoms with Crippen LogP contribution in [0, 0.1) is 11.8 Å². The Kier molecular flexibility index (Phi) is 4.30. The third-order valence-corrected chi connectivity index (χ3v) is 4.31. The van der Waals surface area contributed by atoms with Crippen molar-refractivity contribution in [2.75, 3.05) is 26.2 Å². The third kappa shape index (κ3) is 3.14. The lowest BCUT2D eigenvalue weighted by Crippen LogP contribution is -2.45. The van der Waals surface area contributed by atoms with Gasteiger partial charge in [0.1, 0.15) is 0 Å². The number of urea groups is 1. The molecule has 1 atom stereocenters. The molecular formula is C14H26N2O. The molecule has 0 radical (unpaired) electrons. The Balaban J connectivity index is 1.80. The maximum absolute atomic E-state index is 12.3. The van der Waals surface area contributed by atoms with Gasteiger partial charge in [-0.2, -0.15) is 0 Å². The van der Waals surface area contributed by atoms with Crippen LogP contribution in [0.2, 0.25) is 0 Å². The van der Waals surface area contributed by atoms with Gasteiger partial charge in [0.05, 0.1) is 0 Å². The Morgan fingerprint density at radius 1 is 1.12 bits per heavy atom. The SMILES string of the molecule is CCCC1CCN(C(=O)N2CCC(C)CC2)C1. The first-order valence-corrected chi connectivity index (χ1v) is 7.24. The molecule has 0 aliphatic carbocycles. The predicted molar refractivity (Wildman–Crippen MR) is 70.0 cm³/mol. The molecule has 0 aromatic carbocycles. The minimum atomic E-state index is 0.301. The molecule has 0 aromatic heterocycles. The van der Waals surface area contributed by atoms with E-state index >= 15 is 0 Å². The number of nitrogens with zero attached hydrogens (tertiary/aromatic N) is 2. The fraction of sp³-hybridized carbons (Fsp3) is 0.929. The summed E-state index contributed by atoms with van der Waals surface area (Å²) in [5.74, 6) is 1.55. The summed E-state index contributed by atoms with van der Waals surface area (Å²) in [7, 11) is 0. The molecule has 2 amide bonds. The van der Waals surface area contributed by atoms with Gasteiger partial charge in [0.15, 0.2) is 0 Å². The molecule has 0 saturated carbocycles. The lowest BCUT2D eigenvalue weighted by atomic mass is 9.99. The quantitative estimate of drug-likeness (QED) is 0.725. The number of amides is 2. The van der Waals surface area contributed by atoms with Gasteiger partial charge < -0.3 is 9.80 Å². The average Bonchev–Trinajstić information content (AvgIpc) is 2.78. The van der Waals surface area contributed by atoms with Crippen LogP contribution in [0.15, 0.2) is 0 Å². The lowest BCUT2D eigenvalue weighted by Gasteiger charge is -2.33. The van der Waals surface area contributed by atoms with E-state index in [2.05, 4.69) is 23.6 Å².